The smallest absolute Gasteiger partial charge is 0.261 e. The van der Waals surface area contributed by atoms with Crippen LogP contribution in [0.4, 0.5) is 5.69 Å². The standard InChI is InChI=1S/C25H20N6O4/c1-15-7-9-17(31-14-26-28-29-31)12-21(15)27-23(32)20-11-16(8-10-22(20)35-2)13-30-24(33)18-5-3-4-6-19(18)25(30)34/h3-12,14H,13H2,1-2H3,(H,27,32). The highest BCUT2D eigenvalue weighted by Crippen LogP contribution is 2.27. The van der Waals surface area contributed by atoms with Crippen LogP contribution < -0.4 is 10.1 Å². The normalized spacial score (nSPS) is 12.6. The van der Waals surface area contributed by atoms with Crippen LogP contribution in [0.2, 0.25) is 0 Å². The third kappa shape index (κ3) is 4.01. The van der Waals surface area contributed by atoms with E-state index >= 15 is 0 Å². The second-order valence-electron chi connectivity index (χ2n) is 7.98. The fraction of sp³-hybridized carbons (Fsp3) is 0.120. The molecule has 10 nitrogen and oxygen atoms in total. The average Bonchev–Trinajstić information content (AvgIpc) is 3.49. The number of aromatic nitrogens is 4. The third-order valence-corrected chi connectivity index (χ3v) is 5.81. The number of hydrogen-bond acceptors (Lipinski definition) is 7. The molecule has 4 aromatic rings. The van der Waals surface area contributed by atoms with Crippen LogP contribution in [0.5, 0.6) is 5.75 Å². The molecule has 0 saturated carbocycles. The first-order valence-electron chi connectivity index (χ1n) is 10.7. The molecule has 0 fully saturated rings. The lowest BCUT2D eigenvalue weighted by Crippen LogP contribution is -2.29. The van der Waals surface area contributed by atoms with Gasteiger partial charge < -0.3 is 10.1 Å². The number of amides is 3. The van der Waals surface area contributed by atoms with E-state index in [4.69, 9.17) is 4.74 Å². The summed E-state index contributed by atoms with van der Waals surface area (Å²) in [5, 5.41) is 14.0. The number of nitrogens with zero attached hydrogens (tertiary/aromatic N) is 5. The number of rotatable bonds is 6. The Morgan fingerprint density at radius 1 is 1.00 bits per heavy atom. The number of methoxy groups -OCH3 is 1. The Morgan fingerprint density at radius 3 is 2.40 bits per heavy atom. The lowest BCUT2D eigenvalue weighted by molar-refractivity contribution is 0.0642. The van der Waals surface area contributed by atoms with Crippen molar-refractivity contribution in [2.45, 2.75) is 13.5 Å². The van der Waals surface area contributed by atoms with Gasteiger partial charge >= 0.3 is 0 Å². The molecule has 10 heteroatoms. The number of ether oxygens (including phenoxy) is 1. The van der Waals surface area contributed by atoms with Gasteiger partial charge in [0.2, 0.25) is 0 Å². The summed E-state index contributed by atoms with van der Waals surface area (Å²) >= 11 is 0. The van der Waals surface area contributed by atoms with E-state index < -0.39 is 5.91 Å². The molecule has 0 unspecified atom stereocenters. The number of nitrogens with one attached hydrogen (secondary N) is 1. The van der Waals surface area contributed by atoms with Crippen LogP contribution in [0.25, 0.3) is 5.69 Å². The molecule has 2 heterocycles. The second kappa shape index (κ2) is 8.82. The van der Waals surface area contributed by atoms with Gasteiger partial charge in [-0.05, 0) is 64.9 Å². The maximum Gasteiger partial charge on any atom is 0.261 e. The van der Waals surface area contributed by atoms with Crippen molar-refractivity contribution in [3.8, 4) is 11.4 Å². The number of hydrogen-bond donors (Lipinski definition) is 1. The molecule has 3 amide bonds. The highest BCUT2D eigenvalue weighted by molar-refractivity contribution is 6.21. The highest BCUT2D eigenvalue weighted by Gasteiger charge is 2.35. The van der Waals surface area contributed by atoms with E-state index in [-0.39, 0.29) is 23.9 Å². The zero-order valence-corrected chi connectivity index (χ0v) is 18.9. The fourth-order valence-electron chi connectivity index (χ4n) is 3.95. The fourth-order valence-corrected chi connectivity index (χ4v) is 3.95. The average molecular weight is 468 g/mol. The first-order valence-corrected chi connectivity index (χ1v) is 10.7. The molecule has 0 bridgehead atoms. The minimum Gasteiger partial charge on any atom is -0.496 e. The van der Waals surface area contributed by atoms with Crippen molar-refractivity contribution in [2.75, 3.05) is 12.4 Å². The molecule has 0 radical (unpaired) electrons. The van der Waals surface area contributed by atoms with E-state index in [0.29, 0.717) is 33.8 Å². The molecule has 1 aliphatic heterocycles. The molecule has 35 heavy (non-hydrogen) atoms. The molecule has 0 atom stereocenters. The van der Waals surface area contributed by atoms with E-state index in [0.717, 1.165) is 5.56 Å². The number of aryl methyl sites for hydroxylation is 1. The van der Waals surface area contributed by atoms with Crippen LogP contribution in [-0.4, -0.2) is 49.9 Å². The zero-order valence-electron chi connectivity index (χ0n) is 18.9. The van der Waals surface area contributed by atoms with Gasteiger partial charge in [-0.3, -0.25) is 19.3 Å². The predicted molar refractivity (Wildman–Crippen MR) is 125 cm³/mol. The highest BCUT2D eigenvalue weighted by atomic mass is 16.5. The second-order valence-corrected chi connectivity index (χ2v) is 7.98. The van der Waals surface area contributed by atoms with Crippen LogP contribution in [0.15, 0.2) is 67.0 Å². The van der Waals surface area contributed by atoms with Gasteiger partial charge in [0.05, 0.1) is 36.0 Å². The molecule has 0 spiro atoms. The number of fused-ring (bicyclic) bond motifs is 1. The van der Waals surface area contributed by atoms with Crippen molar-refractivity contribution in [1.82, 2.24) is 25.1 Å². The Hall–Kier alpha value is -4.86. The van der Waals surface area contributed by atoms with Gasteiger partial charge in [0.25, 0.3) is 17.7 Å². The number of tetrazole rings is 1. The van der Waals surface area contributed by atoms with E-state index in [1.807, 2.05) is 19.1 Å². The molecule has 5 rings (SSSR count). The number of benzene rings is 3. The van der Waals surface area contributed by atoms with E-state index in [1.165, 1.54) is 23.0 Å². The number of carbonyl (C=O) groups excluding carboxylic acids is 3. The van der Waals surface area contributed by atoms with Crippen molar-refractivity contribution in [2.24, 2.45) is 0 Å². The van der Waals surface area contributed by atoms with E-state index in [1.54, 1.807) is 48.5 Å². The Labute approximate surface area is 200 Å². The molecule has 3 aromatic carbocycles. The predicted octanol–water partition coefficient (Wildman–Crippen LogP) is 3.03. The van der Waals surface area contributed by atoms with Crippen LogP contribution in [0.1, 0.15) is 42.2 Å². The SMILES string of the molecule is COc1ccc(CN2C(=O)c3ccccc3C2=O)cc1C(=O)Nc1cc(-n2cnnn2)ccc1C. The Morgan fingerprint density at radius 2 is 1.74 bits per heavy atom. The van der Waals surface area contributed by atoms with Crippen molar-refractivity contribution in [3.63, 3.8) is 0 Å². The quantitative estimate of drug-likeness (QED) is 0.432. The minimum absolute atomic E-state index is 0.0322. The van der Waals surface area contributed by atoms with Crippen molar-refractivity contribution >= 4 is 23.4 Å². The van der Waals surface area contributed by atoms with Gasteiger partial charge in [-0.15, -0.1) is 5.10 Å². The zero-order chi connectivity index (χ0) is 24.5. The Bertz CT molecular complexity index is 1430. The largest absolute Gasteiger partial charge is 0.496 e. The first kappa shape index (κ1) is 22.0. The Balaban J connectivity index is 1.41. The van der Waals surface area contributed by atoms with E-state index in [2.05, 4.69) is 20.8 Å². The summed E-state index contributed by atoms with van der Waals surface area (Å²) in [4.78, 5) is 39.9. The van der Waals surface area contributed by atoms with Crippen LogP contribution in [-0.2, 0) is 6.54 Å². The van der Waals surface area contributed by atoms with Crippen LogP contribution >= 0.6 is 0 Å². The monoisotopic (exact) mass is 468 g/mol. The summed E-state index contributed by atoms with van der Waals surface area (Å²) in [6.45, 7) is 1.90. The lowest BCUT2D eigenvalue weighted by Gasteiger charge is -2.16. The molecule has 0 aliphatic carbocycles. The van der Waals surface area contributed by atoms with Gasteiger partial charge in [-0.25, -0.2) is 4.68 Å². The Kier molecular flexibility index (Phi) is 5.54. The van der Waals surface area contributed by atoms with Gasteiger partial charge in [-0.1, -0.05) is 24.3 Å². The first-order chi connectivity index (χ1) is 17.0. The molecule has 1 aromatic heterocycles. The van der Waals surface area contributed by atoms with E-state index in [9.17, 15) is 14.4 Å². The molecule has 174 valence electrons. The minimum atomic E-state index is -0.400. The van der Waals surface area contributed by atoms with Crippen LogP contribution in [0, 0.1) is 6.92 Å². The van der Waals surface area contributed by atoms with Crippen molar-refractivity contribution in [3.05, 3.63) is 94.8 Å². The van der Waals surface area contributed by atoms with Gasteiger partial charge in [0, 0.05) is 5.69 Å². The van der Waals surface area contributed by atoms with Gasteiger partial charge in [0.15, 0.2) is 0 Å². The summed E-state index contributed by atoms with van der Waals surface area (Å²) in [7, 11) is 1.47. The van der Waals surface area contributed by atoms with Crippen LogP contribution in [0.3, 0.4) is 0 Å². The topological polar surface area (TPSA) is 119 Å². The summed E-state index contributed by atoms with van der Waals surface area (Å²) in [5.74, 6) is -0.754. The number of anilines is 1. The molecular weight excluding hydrogens is 448 g/mol. The molecule has 1 aliphatic rings. The number of carbonyl (C=O) groups is 3. The maximum atomic E-state index is 13.3. The summed E-state index contributed by atoms with van der Waals surface area (Å²) < 4.78 is 6.88. The lowest BCUT2D eigenvalue weighted by atomic mass is 10.1. The molecular formula is C25H20N6O4. The van der Waals surface area contributed by atoms with Crippen molar-refractivity contribution in [1.29, 1.82) is 0 Å². The third-order valence-electron chi connectivity index (χ3n) is 5.81. The van der Waals surface area contributed by atoms with Gasteiger partial charge in [-0.2, -0.15) is 0 Å². The molecule has 1 N–H and O–H groups in total. The molecule has 0 saturated heterocycles. The number of imide groups is 1. The summed E-state index contributed by atoms with van der Waals surface area (Å²) in [6, 6.07) is 17.2. The summed E-state index contributed by atoms with van der Waals surface area (Å²) in [5.41, 5.74) is 3.75. The van der Waals surface area contributed by atoms with Gasteiger partial charge in [0.1, 0.15) is 12.1 Å². The maximum absolute atomic E-state index is 13.3. The summed E-state index contributed by atoms with van der Waals surface area (Å²) in [6.07, 6.45) is 1.46. The van der Waals surface area contributed by atoms with Crippen molar-refractivity contribution < 1.29 is 19.1 Å².